The van der Waals surface area contributed by atoms with Gasteiger partial charge in [-0.1, -0.05) is 6.07 Å². The predicted octanol–water partition coefficient (Wildman–Crippen LogP) is 1.09. The van der Waals surface area contributed by atoms with Crippen LogP contribution in [0.25, 0.3) is 0 Å². The summed E-state index contributed by atoms with van der Waals surface area (Å²) in [6.45, 7) is 3.57. The molecule has 0 aliphatic rings. The van der Waals surface area contributed by atoms with E-state index in [2.05, 4.69) is 5.32 Å². The van der Waals surface area contributed by atoms with Crippen LogP contribution < -0.4 is 10.5 Å². The van der Waals surface area contributed by atoms with Gasteiger partial charge in [-0.15, -0.1) is 0 Å². The third kappa shape index (κ3) is 4.98. The topological polar surface area (TPSA) is 98.5 Å². The molecule has 0 radical (unpaired) electrons. The number of primary sulfonamides is 1. The Hall–Kier alpha value is -1.44. The average Bonchev–Trinajstić information content (AvgIpc) is 2.27. The van der Waals surface area contributed by atoms with Gasteiger partial charge in [0.1, 0.15) is 0 Å². The van der Waals surface area contributed by atoms with Gasteiger partial charge in [0.25, 0.3) is 0 Å². The summed E-state index contributed by atoms with van der Waals surface area (Å²) in [5, 5.41) is 7.63. The van der Waals surface area contributed by atoms with Crippen LogP contribution in [0.3, 0.4) is 0 Å². The minimum absolute atomic E-state index is 0.0451. The van der Waals surface area contributed by atoms with Crippen molar-refractivity contribution in [3.8, 4) is 0 Å². The molecule has 1 aromatic rings. The van der Waals surface area contributed by atoms with Crippen LogP contribution in [0.5, 0.6) is 0 Å². The van der Waals surface area contributed by atoms with Crippen molar-refractivity contribution < 1.29 is 17.9 Å². The summed E-state index contributed by atoms with van der Waals surface area (Å²) in [5.41, 5.74) is -0.204. The third-order valence-corrected chi connectivity index (χ3v) is 3.50. The van der Waals surface area contributed by atoms with Crippen molar-refractivity contribution in [1.82, 2.24) is 0 Å². The van der Waals surface area contributed by atoms with Crippen molar-refractivity contribution in [3.05, 3.63) is 24.3 Å². The van der Waals surface area contributed by atoms with Crippen LogP contribution in [0, 0.1) is 0 Å². The summed E-state index contributed by atoms with van der Waals surface area (Å²) in [4.78, 5) is 11.7. The fourth-order valence-electron chi connectivity index (χ4n) is 1.41. The van der Waals surface area contributed by atoms with E-state index in [4.69, 9.17) is 9.88 Å². The minimum Gasteiger partial charge on any atom is -0.378 e. The molecule has 0 aliphatic heterocycles. The molecule has 6 nitrogen and oxygen atoms in total. The molecule has 106 valence electrons. The van der Waals surface area contributed by atoms with Crippen LogP contribution in [-0.2, 0) is 19.6 Å². The van der Waals surface area contributed by atoms with Gasteiger partial charge in [-0.3, -0.25) is 4.79 Å². The number of carbonyl (C=O) groups is 1. The molecule has 3 N–H and O–H groups in total. The Morgan fingerprint density at radius 2 is 2.05 bits per heavy atom. The van der Waals surface area contributed by atoms with Crippen molar-refractivity contribution >= 4 is 21.6 Å². The second kappa shape index (κ2) is 5.68. The zero-order chi connectivity index (χ0) is 14.7. The smallest absolute Gasteiger partial charge is 0.238 e. The van der Waals surface area contributed by atoms with E-state index in [0.29, 0.717) is 5.69 Å². The zero-order valence-corrected chi connectivity index (χ0v) is 12.0. The van der Waals surface area contributed by atoms with Crippen molar-refractivity contribution in [3.63, 3.8) is 0 Å². The van der Waals surface area contributed by atoms with Crippen LogP contribution in [0.15, 0.2) is 29.2 Å². The number of hydrogen-bond donors (Lipinski definition) is 2. The summed E-state index contributed by atoms with van der Waals surface area (Å²) in [5.74, 6) is -0.265. The summed E-state index contributed by atoms with van der Waals surface area (Å²) in [6, 6.07) is 5.78. The van der Waals surface area contributed by atoms with Crippen LogP contribution >= 0.6 is 0 Å². The molecule has 0 saturated carbocycles. The van der Waals surface area contributed by atoms with Crippen LogP contribution in [-0.4, -0.2) is 27.0 Å². The second-order valence-corrected chi connectivity index (χ2v) is 6.32. The molecule has 0 fully saturated rings. The Balaban J connectivity index is 2.81. The van der Waals surface area contributed by atoms with Crippen molar-refractivity contribution in [2.45, 2.75) is 30.8 Å². The van der Waals surface area contributed by atoms with Gasteiger partial charge in [0.2, 0.25) is 15.9 Å². The summed E-state index contributed by atoms with van der Waals surface area (Å²) in [6.07, 6.45) is 0.156. The number of sulfonamides is 1. The van der Waals surface area contributed by atoms with Gasteiger partial charge in [-0.2, -0.15) is 0 Å². The van der Waals surface area contributed by atoms with E-state index in [9.17, 15) is 13.2 Å². The lowest BCUT2D eigenvalue weighted by atomic mass is 10.0. The fraction of sp³-hybridized carbons (Fsp3) is 0.417. The first-order valence-corrected chi connectivity index (χ1v) is 7.16. The fourth-order valence-corrected chi connectivity index (χ4v) is 1.97. The van der Waals surface area contributed by atoms with Crippen molar-refractivity contribution in [1.29, 1.82) is 0 Å². The number of carbonyl (C=O) groups excluding carboxylic acids is 1. The number of nitrogens with two attached hydrogens (primary N) is 1. The number of nitrogens with one attached hydrogen (secondary N) is 1. The van der Waals surface area contributed by atoms with E-state index in [-0.39, 0.29) is 17.2 Å². The lowest BCUT2D eigenvalue weighted by Crippen LogP contribution is -2.29. The monoisotopic (exact) mass is 286 g/mol. The number of methoxy groups -OCH3 is 1. The molecule has 1 amide bonds. The number of rotatable bonds is 5. The molecule has 0 aromatic heterocycles. The van der Waals surface area contributed by atoms with Crippen LogP contribution in [0.4, 0.5) is 5.69 Å². The highest BCUT2D eigenvalue weighted by atomic mass is 32.2. The highest BCUT2D eigenvalue weighted by molar-refractivity contribution is 7.89. The number of ether oxygens (including phenoxy) is 1. The van der Waals surface area contributed by atoms with E-state index >= 15 is 0 Å². The maximum absolute atomic E-state index is 11.8. The standard InChI is InChI=1S/C12H18N2O4S/c1-12(2,18-3)8-11(15)14-9-5-4-6-10(7-9)19(13,16)17/h4-7H,8H2,1-3H3,(H,14,15)(H2,13,16,17). The zero-order valence-electron chi connectivity index (χ0n) is 11.1. The minimum atomic E-state index is -3.78. The van der Waals surface area contributed by atoms with Crippen molar-refractivity contribution in [2.75, 3.05) is 12.4 Å². The van der Waals surface area contributed by atoms with Gasteiger partial charge < -0.3 is 10.1 Å². The quantitative estimate of drug-likeness (QED) is 0.846. The molecule has 0 unspecified atom stereocenters. The Morgan fingerprint density at radius 1 is 1.42 bits per heavy atom. The Bertz CT molecular complexity index is 567. The molecule has 1 aromatic carbocycles. The number of anilines is 1. The Morgan fingerprint density at radius 3 is 2.58 bits per heavy atom. The molecule has 0 bridgehead atoms. The van der Waals surface area contributed by atoms with Gasteiger partial charge in [-0.25, -0.2) is 13.6 Å². The number of hydrogen-bond acceptors (Lipinski definition) is 4. The highest BCUT2D eigenvalue weighted by Crippen LogP contribution is 2.17. The number of amides is 1. The maximum Gasteiger partial charge on any atom is 0.238 e. The molecular formula is C12H18N2O4S. The van der Waals surface area contributed by atoms with Gasteiger partial charge in [-0.05, 0) is 32.0 Å². The molecule has 7 heteroatoms. The molecule has 19 heavy (non-hydrogen) atoms. The molecule has 0 atom stereocenters. The average molecular weight is 286 g/mol. The molecule has 0 heterocycles. The first kappa shape index (κ1) is 15.6. The second-order valence-electron chi connectivity index (χ2n) is 4.76. The van der Waals surface area contributed by atoms with Gasteiger partial charge in [0.05, 0.1) is 16.9 Å². The lowest BCUT2D eigenvalue weighted by molar-refractivity contribution is -0.121. The third-order valence-electron chi connectivity index (χ3n) is 2.59. The SMILES string of the molecule is COC(C)(C)CC(=O)Nc1cccc(S(N)(=O)=O)c1. The summed E-state index contributed by atoms with van der Waals surface area (Å²) >= 11 is 0. The Kier molecular flexibility index (Phi) is 4.67. The van der Waals surface area contributed by atoms with E-state index in [1.165, 1.54) is 25.3 Å². The first-order valence-electron chi connectivity index (χ1n) is 5.62. The highest BCUT2D eigenvalue weighted by Gasteiger charge is 2.21. The molecule has 0 aliphatic carbocycles. The maximum atomic E-state index is 11.8. The molecular weight excluding hydrogens is 268 g/mol. The molecule has 0 spiro atoms. The van der Waals surface area contributed by atoms with E-state index in [1.54, 1.807) is 19.9 Å². The predicted molar refractivity (Wildman–Crippen MR) is 72.1 cm³/mol. The normalized spacial score (nSPS) is 12.2. The van der Waals surface area contributed by atoms with Gasteiger partial charge >= 0.3 is 0 Å². The molecule has 0 saturated heterocycles. The summed E-state index contributed by atoms with van der Waals surface area (Å²) in [7, 11) is -2.25. The van der Waals surface area contributed by atoms with E-state index < -0.39 is 15.6 Å². The molecule has 1 rings (SSSR count). The largest absolute Gasteiger partial charge is 0.378 e. The van der Waals surface area contributed by atoms with Gasteiger partial charge in [0.15, 0.2) is 0 Å². The van der Waals surface area contributed by atoms with E-state index in [1.807, 2.05) is 0 Å². The van der Waals surface area contributed by atoms with Crippen LogP contribution in [0.2, 0.25) is 0 Å². The van der Waals surface area contributed by atoms with E-state index in [0.717, 1.165) is 0 Å². The summed E-state index contributed by atoms with van der Waals surface area (Å²) < 4.78 is 27.5. The lowest BCUT2D eigenvalue weighted by Gasteiger charge is -2.21. The Labute approximate surface area is 113 Å². The van der Waals surface area contributed by atoms with Gasteiger partial charge in [0, 0.05) is 12.8 Å². The first-order chi connectivity index (χ1) is 8.64. The van der Waals surface area contributed by atoms with Crippen molar-refractivity contribution in [2.24, 2.45) is 5.14 Å². The van der Waals surface area contributed by atoms with Crippen LogP contribution in [0.1, 0.15) is 20.3 Å². The number of benzene rings is 1.